The van der Waals surface area contributed by atoms with E-state index in [1.54, 1.807) is 23.5 Å². The molecule has 1 aliphatic heterocycles. The van der Waals surface area contributed by atoms with Crippen molar-refractivity contribution < 1.29 is 18.7 Å². The second kappa shape index (κ2) is 6.79. The molecule has 0 aliphatic carbocycles. The maximum absolute atomic E-state index is 13.1. The molecule has 0 spiro atoms. The number of Topliss-reactive ketones (excluding diaryl/α,β-unsaturated/α-hetero) is 1. The molecule has 5 aromatic rings. The Bertz CT molecular complexity index is 1500. The van der Waals surface area contributed by atoms with Crippen LogP contribution >= 0.6 is 11.3 Å². The number of thiophene rings is 1. The summed E-state index contributed by atoms with van der Waals surface area (Å²) in [5.74, 6) is -0.288. The highest BCUT2D eigenvalue weighted by molar-refractivity contribution is 7.22. The van der Waals surface area contributed by atoms with Gasteiger partial charge in [-0.3, -0.25) is 4.79 Å². The Labute approximate surface area is 181 Å². The quantitative estimate of drug-likeness (QED) is 0.141. The largest absolute Gasteiger partial charge is 0.456 e. The van der Waals surface area contributed by atoms with Crippen molar-refractivity contribution in [2.24, 2.45) is 0 Å². The van der Waals surface area contributed by atoms with Crippen LogP contribution in [-0.2, 0) is 4.79 Å². The van der Waals surface area contributed by atoms with Crippen LogP contribution < -0.4 is 4.74 Å². The number of benzene rings is 3. The van der Waals surface area contributed by atoms with Crippen molar-refractivity contribution in [2.75, 3.05) is 0 Å². The van der Waals surface area contributed by atoms with Gasteiger partial charge in [0.05, 0.1) is 10.3 Å². The Morgan fingerprint density at radius 1 is 0.806 bits per heavy atom. The van der Waals surface area contributed by atoms with Crippen LogP contribution in [0.2, 0.25) is 0 Å². The minimum atomic E-state index is -0.669. The van der Waals surface area contributed by atoms with Crippen LogP contribution in [0.25, 0.3) is 37.6 Å². The van der Waals surface area contributed by atoms with Gasteiger partial charge in [-0.05, 0) is 34.5 Å². The first-order valence-corrected chi connectivity index (χ1v) is 10.6. The Morgan fingerprint density at radius 3 is 2.32 bits per heavy atom. The summed E-state index contributed by atoms with van der Waals surface area (Å²) < 4.78 is 12.3. The topological polar surface area (TPSA) is 56.5 Å². The lowest BCUT2D eigenvalue weighted by Gasteiger charge is -2.17. The Hall–Kier alpha value is -3.96. The maximum atomic E-state index is 13.1. The summed E-state index contributed by atoms with van der Waals surface area (Å²) in [4.78, 5) is 26.7. The van der Waals surface area contributed by atoms with E-state index in [0.717, 1.165) is 31.5 Å². The molecule has 0 fully saturated rings. The number of fused-ring (bicyclic) bond motifs is 3. The first-order valence-electron chi connectivity index (χ1n) is 9.76. The van der Waals surface area contributed by atoms with Gasteiger partial charge in [-0.1, -0.05) is 54.6 Å². The molecule has 1 aliphatic rings. The van der Waals surface area contributed by atoms with E-state index in [1.807, 2.05) is 66.7 Å². The molecule has 0 unspecified atom stereocenters. The summed E-state index contributed by atoms with van der Waals surface area (Å²) in [5, 5.41) is 1.83. The summed E-state index contributed by atoms with van der Waals surface area (Å²) in [6.07, 6.45) is 1.47. The van der Waals surface area contributed by atoms with Gasteiger partial charge in [0.2, 0.25) is 5.78 Å². The van der Waals surface area contributed by atoms with Crippen molar-refractivity contribution in [3.63, 3.8) is 0 Å². The van der Waals surface area contributed by atoms with E-state index in [2.05, 4.69) is 0 Å². The van der Waals surface area contributed by atoms with Crippen molar-refractivity contribution in [3.05, 3.63) is 95.8 Å². The Kier molecular flexibility index (Phi) is 3.91. The van der Waals surface area contributed by atoms with E-state index in [-0.39, 0.29) is 11.4 Å². The fraction of sp³-hybridized carbons (Fsp3) is 0. The Balaban J connectivity index is 1.38. The lowest BCUT2D eigenvalue weighted by atomic mass is 9.96. The highest BCUT2D eigenvalue weighted by Gasteiger charge is 2.31. The smallest absolute Gasteiger partial charge is 0.347 e. The first-order chi connectivity index (χ1) is 15.2. The van der Waals surface area contributed by atoms with E-state index < -0.39 is 5.97 Å². The predicted octanol–water partition coefficient (Wildman–Crippen LogP) is 6.50. The van der Waals surface area contributed by atoms with E-state index in [9.17, 15) is 9.59 Å². The molecule has 4 nitrogen and oxygen atoms in total. The summed E-state index contributed by atoms with van der Waals surface area (Å²) in [6, 6.07) is 25.0. The van der Waals surface area contributed by atoms with Crippen LogP contribution in [0.3, 0.4) is 0 Å². The van der Waals surface area contributed by atoms with Gasteiger partial charge in [0.1, 0.15) is 22.7 Å². The minimum Gasteiger partial charge on any atom is -0.456 e. The van der Waals surface area contributed by atoms with Crippen molar-refractivity contribution in [2.45, 2.75) is 0 Å². The lowest BCUT2D eigenvalue weighted by Crippen LogP contribution is -2.25. The zero-order valence-corrected chi connectivity index (χ0v) is 16.9. The Morgan fingerprint density at radius 2 is 1.55 bits per heavy atom. The molecular formula is C26H14O4S. The van der Waals surface area contributed by atoms with Crippen LogP contribution in [0.5, 0.6) is 5.75 Å². The van der Waals surface area contributed by atoms with Crippen LogP contribution in [-0.4, -0.2) is 11.8 Å². The number of ketones is 1. The number of hydrogen-bond donors (Lipinski definition) is 0. The second-order valence-corrected chi connectivity index (χ2v) is 8.41. The van der Waals surface area contributed by atoms with E-state index >= 15 is 0 Å². The highest BCUT2D eigenvalue weighted by atomic mass is 32.1. The molecule has 0 saturated carbocycles. The normalized spacial score (nSPS) is 14.9. The van der Waals surface area contributed by atoms with Crippen molar-refractivity contribution in [1.29, 1.82) is 0 Å². The number of esters is 1. The molecule has 0 bridgehead atoms. The molecule has 6 rings (SSSR count). The number of ether oxygens (including phenoxy) is 1. The zero-order chi connectivity index (χ0) is 20.9. The molecule has 0 saturated heterocycles. The van der Waals surface area contributed by atoms with Gasteiger partial charge in [-0.25, -0.2) is 4.79 Å². The summed E-state index contributed by atoms with van der Waals surface area (Å²) in [7, 11) is 0. The molecule has 3 aromatic carbocycles. The molecule has 0 amide bonds. The molecule has 0 N–H and O–H groups in total. The number of rotatable bonds is 2. The molecule has 0 radical (unpaired) electrons. The van der Waals surface area contributed by atoms with Gasteiger partial charge in [-0.15, -0.1) is 11.3 Å². The van der Waals surface area contributed by atoms with E-state index in [1.165, 1.54) is 6.08 Å². The fourth-order valence-electron chi connectivity index (χ4n) is 3.81. The fourth-order valence-corrected chi connectivity index (χ4v) is 4.84. The predicted molar refractivity (Wildman–Crippen MR) is 121 cm³/mol. The molecule has 2 aromatic heterocycles. The number of carbonyl (C=O) groups is 2. The van der Waals surface area contributed by atoms with Crippen LogP contribution in [0.15, 0.2) is 88.9 Å². The first kappa shape index (κ1) is 17.9. The third-order valence-corrected chi connectivity index (χ3v) is 6.44. The average molecular weight is 422 g/mol. The second-order valence-electron chi connectivity index (χ2n) is 7.33. The third-order valence-electron chi connectivity index (χ3n) is 5.33. The van der Waals surface area contributed by atoms with Gasteiger partial charge in [0.25, 0.3) is 0 Å². The number of hydrogen-bond acceptors (Lipinski definition) is 5. The van der Waals surface area contributed by atoms with Crippen molar-refractivity contribution in [3.8, 4) is 16.2 Å². The van der Waals surface area contributed by atoms with Gasteiger partial charge >= 0.3 is 5.97 Å². The van der Waals surface area contributed by atoms with Crippen LogP contribution in [0.4, 0.5) is 0 Å². The van der Waals surface area contributed by atoms with Gasteiger partial charge in [0.15, 0.2) is 0 Å². The maximum Gasteiger partial charge on any atom is 0.347 e. The zero-order valence-electron chi connectivity index (χ0n) is 16.1. The molecule has 5 heteroatoms. The third kappa shape index (κ3) is 2.98. The van der Waals surface area contributed by atoms with Crippen LogP contribution in [0, 0.1) is 0 Å². The summed E-state index contributed by atoms with van der Waals surface area (Å²) >= 11 is 1.60. The monoisotopic (exact) mass is 422 g/mol. The van der Waals surface area contributed by atoms with Crippen LogP contribution in [0.1, 0.15) is 16.1 Å². The van der Waals surface area contributed by atoms with Gasteiger partial charge in [0, 0.05) is 17.0 Å². The molecular weight excluding hydrogens is 408 g/mol. The molecule has 3 heterocycles. The van der Waals surface area contributed by atoms with Gasteiger partial charge < -0.3 is 9.15 Å². The summed E-state index contributed by atoms with van der Waals surface area (Å²) in [5.41, 5.74) is 2.18. The molecule has 148 valence electrons. The van der Waals surface area contributed by atoms with Crippen molar-refractivity contribution >= 4 is 50.2 Å². The SMILES string of the molecule is O=C1Oc2cc3ccccc3cc2C(=O)/C1=C/c1cc2sc(-c3ccccc3)cc2o1. The highest BCUT2D eigenvalue weighted by Crippen LogP contribution is 2.37. The number of carbonyl (C=O) groups excluding carboxylic acids is 2. The van der Waals surface area contributed by atoms with Gasteiger partial charge in [-0.2, -0.15) is 0 Å². The summed E-state index contributed by atoms with van der Waals surface area (Å²) in [6.45, 7) is 0. The van der Waals surface area contributed by atoms with E-state index in [0.29, 0.717) is 17.1 Å². The molecule has 31 heavy (non-hydrogen) atoms. The minimum absolute atomic E-state index is 0.0348. The lowest BCUT2D eigenvalue weighted by molar-refractivity contribution is -0.130. The van der Waals surface area contributed by atoms with E-state index in [4.69, 9.17) is 9.15 Å². The standard InChI is InChI=1S/C26H14O4S/c27-25-19-10-16-8-4-5-9-17(16)11-21(19)30-26(28)20(25)12-18-13-24-22(29-18)14-23(31-24)15-6-2-1-3-7-15/h1-14H/b20-12-. The molecule has 0 atom stereocenters. The average Bonchev–Trinajstić information content (AvgIpc) is 3.35. The van der Waals surface area contributed by atoms with Crippen molar-refractivity contribution in [1.82, 2.24) is 0 Å². The number of furan rings is 1.